The van der Waals surface area contributed by atoms with E-state index in [-0.39, 0.29) is 28.4 Å². The average molecular weight is 596 g/mol. The lowest BCUT2D eigenvalue weighted by Gasteiger charge is -2.37. The molecule has 0 bridgehead atoms. The van der Waals surface area contributed by atoms with Gasteiger partial charge in [-0.3, -0.25) is 10.1 Å². The summed E-state index contributed by atoms with van der Waals surface area (Å²) in [4.78, 5) is 33.9. The molecule has 1 fully saturated rings. The molecule has 3 N–H and O–H groups in total. The zero-order valence-corrected chi connectivity index (χ0v) is 21.4. The molecule has 0 unspecified atom stereocenters. The maximum Gasteiger partial charge on any atom is 0.490 e. The summed E-state index contributed by atoms with van der Waals surface area (Å²) in [5, 5.41) is 25.3. The van der Waals surface area contributed by atoms with Crippen LogP contribution in [-0.2, 0) is 9.53 Å². The summed E-state index contributed by atoms with van der Waals surface area (Å²) in [5.41, 5.74) is 0.161. The summed E-state index contributed by atoms with van der Waals surface area (Å²) in [6.45, 7) is 1.17. The molecule has 0 radical (unpaired) electrons. The summed E-state index contributed by atoms with van der Waals surface area (Å²) in [7, 11) is 1.28. The van der Waals surface area contributed by atoms with Crippen LogP contribution in [0.3, 0.4) is 0 Å². The number of carbonyl (C=O) groups excluding carboxylic acids is 1. The first-order valence-corrected chi connectivity index (χ1v) is 12.0. The number of rotatable bonds is 9. The molecule has 3 aromatic heterocycles. The van der Waals surface area contributed by atoms with E-state index in [0.717, 1.165) is 17.0 Å². The van der Waals surface area contributed by atoms with Crippen LogP contribution in [0, 0.1) is 6.92 Å². The van der Waals surface area contributed by atoms with Crippen LogP contribution in [0.4, 0.5) is 32.8 Å². The number of nitrogens with one attached hydrogen (secondary N) is 2. The molecule has 13 nitrogen and oxygen atoms in total. The van der Waals surface area contributed by atoms with Gasteiger partial charge in [0.25, 0.3) is 12.3 Å². The van der Waals surface area contributed by atoms with Crippen LogP contribution in [0.15, 0.2) is 27.5 Å². The van der Waals surface area contributed by atoms with Crippen LogP contribution in [-0.4, -0.2) is 75.4 Å². The van der Waals surface area contributed by atoms with Gasteiger partial charge in [0.2, 0.25) is 16.0 Å². The van der Waals surface area contributed by atoms with E-state index in [9.17, 15) is 31.5 Å². The summed E-state index contributed by atoms with van der Waals surface area (Å²) in [6.07, 6.45) is -5.26. The van der Waals surface area contributed by atoms with Crippen molar-refractivity contribution in [1.29, 1.82) is 0 Å². The second-order valence-corrected chi connectivity index (χ2v) is 8.92. The van der Waals surface area contributed by atoms with Crippen LogP contribution >= 0.6 is 11.3 Å². The molecule has 1 aliphatic carbocycles. The number of carbonyl (C=O) groups is 2. The molecule has 3 aromatic rings. The maximum atomic E-state index is 12.7. The van der Waals surface area contributed by atoms with Crippen LogP contribution < -0.4 is 21.0 Å². The molecule has 3 heterocycles. The summed E-state index contributed by atoms with van der Waals surface area (Å²) in [5.74, 6) is -3.91. The highest BCUT2D eigenvalue weighted by Gasteiger charge is 2.38. The fourth-order valence-electron chi connectivity index (χ4n) is 3.20. The highest BCUT2D eigenvalue weighted by molar-refractivity contribution is 7.17. The number of ether oxygens (including phenoxy) is 2. The second kappa shape index (κ2) is 12.8. The third kappa shape index (κ3) is 7.72. The van der Waals surface area contributed by atoms with Crippen molar-refractivity contribution in [3.8, 4) is 10.9 Å². The summed E-state index contributed by atoms with van der Waals surface area (Å²) < 4.78 is 73.5. The molecule has 40 heavy (non-hydrogen) atoms. The third-order valence-electron chi connectivity index (χ3n) is 5.21. The van der Waals surface area contributed by atoms with Crippen molar-refractivity contribution < 1.29 is 50.5 Å². The highest BCUT2D eigenvalue weighted by Crippen LogP contribution is 2.31. The lowest BCUT2D eigenvalue weighted by molar-refractivity contribution is -0.192. The van der Waals surface area contributed by atoms with Gasteiger partial charge in [0.15, 0.2) is 5.76 Å². The Kier molecular flexibility index (Phi) is 9.74. The Morgan fingerprint density at radius 1 is 1.30 bits per heavy atom. The number of aliphatic carboxylic acids is 1. The molecule has 1 saturated carbocycles. The number of anilines is 2. The van der Waals surface area contributed by atoms with E-state index in [0.29, 0.717) is 18.0 Å². The van der Waals surface area contributed by atoms with Gasteiger partial charge in [-0.2, -0.15) is 18.3 Å². The van der Waals surface area contributed by atoms with Gasteiger partial charge in [-0.05, 0) is 25.8 Å². The van der Waals surface area contributed by atoms with E-state index in [1.165, 1.54) is 13.2 Å². The molecule has 19 heteroatoms. The molecule has 0 aromatic carbocycles. The molecular weight excluding hydrogens is 575 g/mol. The van der Waals surface area contributed by atoms with Crippen molar-refractivity contribution in [2.75, 3.05) is 24.4 Å². The number of amides is 1. The Morgan fingerprint density at radius 2 is 2.00 bits per heavy atom. The van der Waals surface area contributed by atoms with Crippen molar-refractivity contribution in [3.63, 3.8) is 0 Å². The molecule has 218 valence electrons. The number of alkyl halides is 5. The van der Waals surface area contributed by atoms with Crippen LogP contribution in [0.5, 0.6) is 5.75 Å². The van der Waals surface area contributed by atoms with E-state index >= 15 is 0 Å². The number of methoxy groups -OCH3 is 1. The van der Waals surface area contributed by atoms with Crippen LogP contribution in [0.25, 0.3) is 5.13 Å². The molecule has 1 aliphatic rings. The average Bonchev–Trinajstić information content (AvgIpc) is 3.49. The standard InChI is InChI=1S/C19H20F2N6O5S.C2HF3O2/c1-9-5-6-22-27(9)19-26-25-18(33-19)24-16(28)13-7-11(15(30-2)17(29)32-13)23-10-3-4-12(10)31-8-14(20)21;3-2(4,5)1(6)7/h5-7,10,12,14,23H,3-4,8H2,1-2H3,(H,24,25,28);(H,6,7)/t10-,12+;/m0./s1. The Hall–Kier alpha value is -4.13. The quantitative estimate of drug-likeness (QED) is 0.310. The molecule has 1 amide bonds. The molecule has 2 atom stereocenters. The predicted molar refractivity (Wildman–Crippen MR) is 127 cm³/mol. The number of hydrogen-bond donors (Lipinski definition) is 3. The van der Waals surface area contributed by atoms with Gasteiger partial charge in [0.1, 0.15) is 6.61 Å². The van der Waals surface area contributed by atoms with Crippen molar-refractivity contribution in [3.05, 3.63) is 40.2 Å². The first kappa shape index (κ1) is 30.4. The molecule has 0 saturated heterocycles. The van der Waals surface area contributed by atoms with Gasteiger partial charge in [0.05, 0.1) is 24.9 Å². The Labute approximate surface area is 224 Å². The number of nitrogens with zero attached hydrogens (tertiary/aromatic N) is 4. The van der Waals surface area contributed by atoms with E-state index in [2.05, 4.69) is 25.9 Å². The SMILES string of the molecule is COc1c(N[C@H]2CC[C@H]2OCC(F)F)cc(C(=O)Nc2nnc(-n3nccc3C)s2)oc1=O.O=C(O)C(F)(F)F. The lowest BCUT2D eigenvalue weighted by Crippen LogP contribution is -2.45. The van der Waals surface area contributed by atoms with E-state index in [1.807, 2.05) is 6.92 Å². The number of aromatic nitrogens is 4. The number of carboxylic acid groups (broad SMARTS) is 1. The molecule has 0 spiro atoms. The van der Waals surface area contributed by atoms with Gasteiger partial charge < -0.3 is 24.3 Å². The molecule has 0 aliphatic heterocycles. The number of aryl methyl sites for hydroxylation is 1. The largest absolute Gasteiger partial charge is 0.490 e. The minimum Gasteiger partial charge on any atom is -0.488 e. The fraction of sp³-hybridized carbons (Fsp3) is 0.429. The first-order chi connectivity index (χ1) is 18.8. The molecular formula is C21H21F5N6O7S. The number of halogens is 5. The summed E-state index contributed by atoms with van der Waals surface area (Å²) in [6, 6.07) is 2.78. The zero-order chi connectivity index (χ0) is 29.6. The smallest absolute Gasteiger partial charge is 0.488 e. The van der Waals surface area contributed by atoms with Crippen molar-refractivity contribution >= 4 is 34.0 Å². The van der Waals surface area contributed by atoms with Crippen molar-refractivity contribution in [2.45, 2.75) is 44.5 Å². The topological polar surface area (TPSA) is 171 Å². The Morgan fingerprint density at radius 3 is 2.52 bits per heavy atom. The van der Waals surface area contributed by atoms with Crippen LogP contribution in [0.2, 0.25) is 0 Å². The lowest BCUT2D eigenvalue weighted by atomic mass is 9.88. The Balaban J connectivity index is 0.000000559. The molecule has 4 rings (SSSR count). The third-order valence-corrected chi connectivity index (χ3v) is 6.03. The first-order valence-electron chi connectivity index (χ1n) is 11.1. The monoisotopic (exact) mass is 596 g/mol. The van der Waals surface area contributed by atoms with Gasteiger partial charge in [-0.15, -0.1) is 10.2 Å². The summed E-state index contributed by atoms with van der Waals surface area (Å²) >= 11 is 1.08. The normalized spacial score (nSPS) is 16.5. The van der Waals surface area contributed by atoms with E-state index in [4.69, 9.17) is 23.8 Å². The fourth-order valence-corrected chi connectivity index (χ4v) is 3.96. The number of carboxylic acids is 1. The minimum absolute atomic E-state index is 0.140. The number of hydrogen-bond acceptors (Lipinski definition) is 11. The van der Waals surface area contributed by atoms with E-state index in [1.54, 1.807) is 16.9 Å². The highest BCUT2D eigenvalue weighted by atomic mass is 32.1. The van der Waals surface area contributed by atoms with Crippen LogP contribution in [0.1, 0.15) is 29.1 Å². The van der Waals surface area contributed by atoms with Gasteiger partial charge >= 0.3 is 17.8 Å². The van der Waals surface area contributed by atoms with Gasteiger partial charge in [-0.25, -0.2) is 23.1 Å². The Bertz CT molecular complexity index is 1390. The second-order valence-electron chi connectivity index (χ2n) is 7.97. The van der Waals surface area contributed by atoms with Gasteiger partial charge in [-0.1, -0.05) is 11.3 Å². The van der Waals surface area contributed by atoms with Crippen molar-refractivity contribution in [1.82, 2.24) is 20.0 Å². The zero-order valence-electron chi connectivity index (χ0n) is 20.6. The minimum atomic E-state index is -5.08. The van der Waals surface area contributed by atoms with Crippen molar-refractivity contribution in [2.24, 2.45) is 0 Å². The van der Waals surface area contributed by atoms with Gasteiger partial charge in [0, 0.05) is 18.0 Å². The maximum absolute atomic E-state index is 12.7. The van der Waals surface area contributed by atoms with E-state index < -0.39 is 42.8 Å². The predicted octanol–water partition coefficient (Wildman–Crippen LogP) is 3.10.